The monoisotopic (exact) mass is 441 g/mol. The van der Waals surface area contributed by atoms with Crippen LogP contribution in [0.4, 0.5) is 11.5 Å². The number of aromatic nitrogens is 1. The number of carbonyl (C=O) groups excluding carboxylic acids is 1. The zero-order valence-corrected chi connectivity index (χ0v) is 18.1. The number of nitrogens with zero attached hydrogens (tertiary/aromatic N) is 2. The van der Waals surface area contributed by atoms with Gasteiger partial charge < -0.3 is 15.0 Å². The largest absolute Gasteiger partial charge is 0.496 e. The van der Waals surface area contributed by atoms with Gasteiger partial charge in [-0.2, -0.15) is 0 Å². The Morgan fingerprint density at radius 3 is 2.57 bits per heavy atom. The average molecular weight is 442 g/mol. The van der Waals surface area contributed by atoms with Gasteiger partial charge in [-0.3, -0.25) is 4.79 Å². The lowest BCUT2D eigenvalue weighted by atomic mass is 10.1. The van der Waals surface area contributed by atoms with E-state index in [4.69, 9.17) is 9.72 Å². The number of nitrogens with one attached hydrogen (secondary N) is 1. The van der Waals surface area contributed by atoms with E-state index in [-0.39, 0.29) is 5.91 Å². The molecule has 0 aliphatic heterocycles. The van der Waals surface area contributed by atoms with E-state index in [0.717, 1.165) is 45.5 Å². The highest BCUT2D eigenvalue weighted by atomic mass is 79.9. The number of aryl methyl sites for hydroxylation is 1. The molecule has 146 valence electrons. The number of ether oxygens (including phenoxy) is 1. The Balaban J connectivity index is 1.89. The maximum atomic E-state index is 12.6. The number of methoxy groups -OCH3 is 1. The Kier molecular flexibility index (Phi) is 6.19. The van der Waals surface area contributed by atoms with Crippen molar-refractivity contribution in [2.45, 2.75) is 20.8 Å². The molecule has 0 atom stereocenters. The van der Waals surface area contributed by atoms with E-state index in [1.807, 2.05) is 18.2 Å². The summed E-state index contributed by atoms with van der Waals surface area (Å²) in [7, 11) is 1.58. The fourth-order valence-corrected chi connectivity index (χ4v) is 3.58. The molecule has 0 bridgehead atoms. The number of carbonyl (C=O) groups is 1. The lowest BCUT2D eigenvalue weighted by molar-refractivity contribution is 0.102. The van der Waals surface area contributed by atoms with Crippen LogP contribution in [0.2, 0.25) is 0 Å². The molecule has 2 aromatic carbocycles. The van der Waals surface area contributed by atoms with Crippen LogP contribution in [0.25, 0.3) is 10.9 Å². The van der Waals surface area contributed by atoms with Crippen molar-refractivity contribution >= 4 is 44.2 Å². The van der Waals surface area contributed by atoms with Crippen LogP contribution < -0.4 is 15.0 Å². The van der Waals surface area contributed by atoms with Gasteiger partial charge in [0, 0.05) is 29.7 Å². The second kappa shape index (κ2) is 8.61. The fourth-order valence-electron chi connectivity index (χ4n) is 3.17. The van der Waals surface area contributed by atoms with Crippen LogP contribution in [0.3, 0.4) is 0 Å². The molecule has 0 spiro atoms. The van der Waals surface area contributed by atoms with E-state index in [9.17, 15) is 4.79 Å². The molecule has 3 aromatic rings. The van der Waals surface area contributed by atoms with Gasteiger partial charge in [-0.25, -0.2) is 4.98 Å². The van der Waals surface area contributed by atoms with E-state index in [2.05, 4.69) is 53.0 Å². The Labute approximate surface area is 173 Å². The molecule has 0 aliphatic carbocycles. The molecule has 0 saturated carbocycles. The lowest BCUT2D eigenvalue weighted by Crippen LogP contribution is -2.23. The van der Waals surface area contributed by atoms with Crippen LogP contribution in [0.1, 0.15) is 29.8 Å². The number of fused-ring (bicyclic) bond motifs is 1. The number of hydrogen-bond donors (Lipinski definition) is 1. The third-order valence-electron chi connectivity index (χ3n) is 4.76. The zero-order chi connectivity index (χ0) is 20.3. The Bertz CT molecular complexity index is 1020. The molecule has 1 heterocycles. The second-order valence-electron chi connectivity index (χ2n) is 6.51. The number of anilines is 2. The van der Waals surface area contributed by atoms with Crippen molar-refractivity contribution < 1.29 is 9.53 Å². The summed E-state index contributed by atoms with van der Waals surface area (Å²) in [6, 6.07) is 13.2. The van der Waals surface area contributed by atoms with Crippen molar-refractivity contribution in [1.82, 2.24) is 4.98 Å². The maximum absolute atomic E-state index is 12.6. The number of benzene rings is 2. The zero-order valence-electron chi connectivity index (χ0n) is 16.5. The molecule has 1 amide bonds. The van der Waals surface area contributed by atoms with Gasteiger partial charge in [-0.15, -0.1) is 0 Å². The molecule has 6 heteroatoms. The van der Waals surface area contributed by atoms with Gasteiger partial charge in [0.05, 0.1) is 17.1 Å². The van der Waals surface area contributed by atoms with Gasteiger partial charge in [0.2, 0.25) is 0 Å². The fraction of sp³-hybridized carbons (Fsp3) is 0.273. The Morgan fingerprint density at radius 1 is 1.14 bits per heavy atom. The van der Waals surface area contributed by atoms with Gasteiger partial charge in [0.25, 0.3) is 5.91 Å². The van der Waals surface area contributed by atoms with E-state index in [1.165, 1.54) is 0 Å². The molecule has 0 saturated heterocycles. The Morgan fingerprint density at radius 2 is 1.89 bits per heavy atom. The summed E-state index contributed by atoms with van der Waals surface area (Å²) in [5.41, 5.74) is 3.32. The predicted molar refractivity (Wildman–Crippen MR) is 119 cm³/mol. The molecular formula is C22H24BrN3O2. The van der Waals surface area contributed by atoms with Crippen molar-refractivity contribution in [1.29, 1.82) is 0 Å². The van der Waals surface area contributed by atoms with Crippen LogP contribution in [0, 0.1) is 6.92 Å². The molecule has 0 radical (unpaired) electrons. The molecule has 1 aromatic heterocycles. The first-order chi connectivity index (χ1) is 13.5. The second-order valence-corrected chi connectivity index (χ2v) is 7.36. The van der Waals surface area contributed by atoms with Gasteiger partial charge in [0.15, 0.2) is 0 Å². The molecule has 28 heavy (non-hydrogen) atoms. The normalized spacial score (nSPS) is 10.8. The van der Waals surface area contributed by atoms with E-state index >= 15 is 0 Å². The van der Waals surface area contributed by atoms with Gasteiger partial charge in [-0.1, -0.05) is 0 Å². The first-order valence-electron chi connectivity index (χ1n) is 9.28. The first-order valence-corrected chi connectivity index (χ1v) is 10.1. The number of rotatable bonds is 6. The predicted octanol–water partition coefficient (Wildman–Crippen LogP) is 5.41. The van der Waals surface area contributed by atoms with Crippen molar-refractivity contribution in [3.05, 3.63) is 58.1 Å². The summed E-state index contributed by atoms with van der Waals surface area (Å²) in [5, 5.41) is 3.99. The molecular weight excluding hydrogens is 418 g/mol. The van der Waals surface area contributed by atoms with Gasteiger partial charge in [0.1, 0.15) is 11.6 Å². The van der Waals surface area contributed by atoms with Crippen molar-refractivity contribution in [2.24, 2.45) is 0 Å². The van der Waals surface area contributed by atoms with Gasteiger partial charge in [-0.05, 0) is 84.7 Å². The summed E-state index contributed by atoms with van der Waals surface area (Å²) < 4.78 is 6.08. The number of pyridine rings is 1. The summed E-state index contributed by atoms with van der Waals surface area (Å²) in [5.74, 6) is 1.42. The van der Waals surface area contributed by atoms with Crippen LogP contribution in [0.15, 0.2) is 46.9 Å². The summed E-state index contributed by atoms with van der Waals surface area (Å²) in [6.07, 6.45) is 0. The lowest BCUT2D eigenvalue weighted by Gasteiger charge is -2.21. The summed E-state index contributed by atoms with van der Waals surface area (Å²) in [4.78, 5) is 19.6. The number of halogens is 1. The quantitative estimate of drug-likeness (QED) is 0.555. The summed E-state index contributed by atoms with van der Waals surface area (Å²) in [6.45, 7) is 8.15. The topological polar surface area (TPSA) is 54.5 Å². The van der Waals surface area contributed by atoms with E-state index < -0.39 is 0 Å². The minimum Gasteiger partial charge on any atom is -0.496 e. The average Bonchev–Trinajstić information content (AvgIpc) is 2.69. The smallest absolute Gasteiger partial charge is 0.255 e. The highest BCUT2D eigenvalue weighted by Gasteiger charge is 2.12. The van der Waals surface area contributed by atoms with Crippen LogP contribution >= 0.6 is 15.9 Å². The highest BCUT2D eigenvalue weighted by molar-refractivity contribution is 9.10. The minimum atomic E-state index is -0.185. The van der Waals surface area contributed by atoms with E-state index in [1.54, 1.807) is 25.3 Å². The van der Waals surface area contributed by atoms with Crippen molar-refractivity contribution in [2.75, 3.05) is 30.4 Å². The van der Waals surface area contributed by atoms with Crippen LogP contribution in [-0.4, -0.2) is 31.1 Å². The third-order valence-corrected chi connectivity index (χ3v) is 5.42. The molecule has 0 aliphatic rings. The van der Waals surface area contributed by atoms with Crippen molar-refractivity contribution in [3.8, 4) is 5.75 Å². The van der Waals surface area contributed by atoms with Crippen LogP contribution in [-0.2, 0) is 0 Å². The SMILES string of the molecule is CCN(CC)c1cc(C)c2cc(NC(=O)c3ccc(Br)c(OC)c3)ccc2n1. The van der Waals surface area contributed by atoms with E-state index in [0.29, 0.717) is 11.3 Å². The van der Waals surface area contributed by atoms with Crippen molar-refractivity contribution in [3.63, 3.8) is 0 Å². The number of hydrogen-bond acceptors (Lipinski definition) is 4. The molecule has 1 N–H and O–H groups in total. The highest BCUT2D eigenvalue weighted by Crippen LogP contribution is 2.28. The standard InChI is InChI=1S/C22H24BrN3O2/c1-5-26(6-2)21-11-14(3)17-13-16(8-10-19(17)25-21)24-22(27)15-7-9-18(23)20(12-15)28-4/h7-13H,5-6H2,1-4H3,(H,24,27). The van der Waals surface area contributed by atoms with Crippen LogP contribution in [0.5, 0.6) is 5.75 Å². The molecule has 3 rings (SSSR count). The number of amides is 1. The summed E-state index contributed by atoms with van der Waals surface area (Å²) >= 11 is 3.40. The first kappa shape index (κ1) is 20.1. The molecule has 5 nitrogen and oxygen atoms in total. The molecule has 0 fully saturated rings. The van der Waals surface area contributed by atoms with Gasteiger partial charge >= 0.3 is 0 Å². The minimum absolute atomic E-state index is 0.185. The third kappa shape index (κ3) is 4.12. The molecule has 0 unspecified atom stereocenters. The Hall–Kier alpha value is -2.60. The maximum Gasteiger partial charge on any atom is 0.255 e.